The monoisotopic (exact) mass is 302 g/mol. The van der Waals surface area contributed by atoms with E-state index in [2.05, 4.69) is 6.07 Å². The van der Waals surface area contributed by atoms with Gasteiger partial charge in [0.1, 0.15) is 11.5 Å². The Morgan fingerprint density at radius 1 is 1.24 bits per heavy atom. The summed E-state index contributed by atoms with van der Waals surface area (Å²) in [6.07, 6.45) is 1.65. The van der Waals surface area contributed by atoms with E-state index >= 15 is 0 Å². The zero-order valence-electron chi connectivity index (χ0n) is 11.4. The number of halogens is 1. The summed E-state index contributed by atoms with van der Waals surface area (Å²) < 4.78 is 11.5. The zero-order chi connectivity index (χ0) is 14.7. The number of ether oxygens (including phenoxy) is 2. The predicted octanol–water partition coefficient (Wildman–Crippen LogP) is 4.10. The lowest BCUT2D eigenvalue weighted by Crippen LogP contribution is -2.19. The third-order valence-electron chi connectivity index (χ3n) is 3.64. The van der Waals surface area contributed by atoms with Crippen molar-refractivity contribution in [3.63, 3.8) is 0 Å². The van der Waals surface area contributed by atoms with Crippen molar-refractivity contribution in [2.45, 2.75) is 12.3 Å². The van der Waals surface area contributed by atoms with Crippen molar-refractivity contribution < 1.29 is 14.3 Å². The summed E-state index contributed by atoms with van der Waals surface area (Å²) in [5.41, 5.74) is 1.62. The van der Waals surface area contributed by atoms with Gasteiger partial charge >= 0.3 is 0 Å². The summed E-state index contributed by atoms with van der Waals surface area (Å²) in [5.74, 6) is 1.61. The number of hydrogen-bond acceptors (Lipinski definition) is 3. The molecule has 1 atom stereocenters. The van der Waals surface area contributed by atoms with Gasteiger partial charge in [-0.1, -0.05) is 35.9 Å². The van der Waals surface area contributed by atoms with Crippen molar-refractivity contribution >= 4 is 17.9 Å². The van der Waals surface area contributed by atoms with Gasteiger partial charge in [-0.05, 0) is 24.6 Å². The van der Waals surface area contributed by atoms with Crippen molar-refractivity contribution in [3.8, 4) is 11.5 Å². The molecule has 0 amide bonds. The van der Waals surface area contributed by atoms with E-state index in [1.54, 1.807) is 18.2 Å². The van der Waals surface area contributed by atoms with Crippen LogP contribution < -0.4 is 9.47 Å². The van der Waals surface area contributed by atoms with Crippen molar-refractivity contribution in [1.29, 1.82) is 0 Å². The molecule has 1 heterocycles. The van der Waals surface area contributed by atoms with Crippen LogP contribution in [0.5, 0.6) is 11.5 Å². The Morgan fingerprint density at radius 3 is 2.95 bits per heavy atom. The molecule has 0 aromatic heterocycles. The highest BCUT2D eigenvalue weighted by Gasteiger charge is 2.22. The van der Waals surface area contributed by atoms with Gasteiger partial charge in [-0.3, -0.25) is 4.79 Å². The SMILES string of the molecule is O=Cc1cccc(Cl)c1OCC1CCOc2ccccc21. The molecule has 1 unspecified atom stereocenters. The lowest BCUT2D eigenvalue weighted by molar-refractivity contribution is 0.111. The minimum Gasteiger partial charge on any atom is -0.493 e. The smallest absolute Gasteiger partial charge is 0.153 e. The van der Waals surface area contributed by atoms with Crippen LogP contribution in [-0.4, -0.2) is 19.5 Å². The highest BCUT2D eigenvalue weighted by molar-refractivity contribution is 6.32. The van der Waals surface area contributed by atoms with Gasteiger partial charge in [-0.2, -0.15) is 0 Å². The summed E-state index contributed by atoms with van der Waals surface area (Å²) >= 11 is 6.12. The summed E-state index contributed by atoms with van der Waals surface area (Å²) in [5, 5.41) is 0.458. The van der Waals surface area contributed by atoms with Crippen LogP contribution in [0, 0.1) is 0 Å². The fourth-order valence-corrected chi connectivity index (χ4v) is 2.78. The van der Waals surface area contributed by atoms with E-state index in [-0.39, 0.29) is 5.92 Å². The first-order valence-electron chi connectivity index (χ1n) is 6.88. The summed E-state index contributed by atoms with van der Waals surface area (Å²) in [7, 11) is 0. The first-order valence-corrected chi connectivity index (χ1v) is 7.25. The molecule has 108 valence electrons. The van der Waals surface area contributed by atoms with Crippen LogP contribution in [0.1, 0.15) is 28.3 Å². The molecule has 4 heteroatoms. The Hall–Kier alpha value is -2.00. The Balaban J connectivity index is 1.79. The normalized spacial score (nSPS) is 16.7. The van der Waals surface area contributed by atoms with Gasteiger partial charge in [0.25, 0.3) is 0 Å². The molecule has 0 N–H and O–H groups in total. The molecule has 0 aliphatic carbocycles. The van der Waals surface area contributed by atoms with Gasteiger partial charge in [0.05, 0.1) is 23.8 Å². The maximum atomic E-state index is 11.1. The standard InChI is InChI=1S/C17H15ClO3/c18-15-6-3-4-12(10-19)17(15)21-11-13-8-9-20-16-7-2-1-5-14(13)16/h1-7,10,13H,8-9,11H2. The molecule has 0 saturated carbocycles. The predicted molar refractivity (Wildman–Crippen MR) is 81.6 cm³/mol. The summed E-state index contributed by atoms with van der Waals surface area (Å²) in [4.78, 5) is 11.1. The van der Waals surface area contributed by atoms with E-state index < -0.39 is 0 Å². The second-order valence-corrected chi connectivity index (χ2v) is 5.37. The van der Waals surface area contributed by atoms with E-state index in [1.807, 2.05) is 18.2 Å². The average molecular weight is 303 g/mol. The molecule has 2 aromatic carbocycles. The van der Waals surface area contributed by atoms with Crippen molar-refractivity contribution in [2.24, 2.45) is 0 Å². The second-order valence-electron chi connectivity index (χ2n) is 4.96. The van der Waals surface area contributed by atoms with Crippen LogP contribution in [0.3, 0.4) is 0 Å². The Morgan fingerprint density at radius 2 is 2.10 bits per heavy atom. The molecule has 0 radical (unpaired) electrons. The molecule has 1 aliphatic heterocycles. The number of rotatable bonds is 4. The van der Waals surface area contributed by atoms with Crippen molar-refractivity contribution in [1.82, 2.24) is 0 Å². The number of fused-ring (bicyclic) bond motifs is 1. The largest absolute Gasteiger partial charge is 0.493 e. The van der Waals surface area contributed by atoms with Crippen molar-refractivity contribution in [2.75, 3.05) is 13.2 Å². The van der Waals surface area contributed by atoms with E-state index in [0.29, 0.717) is 29.5 Å². The molecule has 0 saturated heterocycles. The van der Waals surface area contributed by atoms with Crippen LogP contribution in [0.15, 0.2) is 42.5 Å². The molecule has 1 aliphatic rings. The van der Waals surface area contributed by atoms with Crippen LogP contribution in [-0.2, 0) is 0 Å². The van der Waals surface area contributed by atoms with E-state index in [9.17, 15) is 4.79 Å². The molecule has 2 aromatic rings. The van der Waals surface area contributed by atoms with Crippen LogP contribution in [0.2, 0.25) is 5.02 Å². The summed E-state index contributed by atoms with van der Waals surface area (Å²) in [6, 6.07) is 13.1. The number of aldehydes is 1. The highest BCUT2D eigenvalue weighted by atomic mass is 35.5. The molecule has 0 fully saturated rings. The van der Waals surface area contributed by atoms with Gasteiger partial charge in [0.15, 0.2) is 6.29 Å². The van der Waals surface area contributed by atoms with Crippen LogP contribution in [0.25, 0.3) is 0 Å². The van der Waals surface area contributed by atoms with E-state index in [1.165, 1.54) is 0 Å². The molecule has 3 nitrogen and oxygen atoms in total. The fourth-order valence-electron chi connectivity index (χ4n) is 2.54. The number of carbonyl (C=O) groups is 1. The van der Waals surface area contributed by atoms with Gasteiger partial charge in [-0.25, -0.2) is 0 Å². The Kier molecular flexibility index (Phi) is 4.11. The number of carbonyl (C=O) groups excluding carboxylic acids is 1. The Labute approximate surface area is 128 Å². The van der Waals surface area contributed by atoms with Crippen molar-refractivity contribution in [3.05, 3.63) is 58.6 Å². The lowest BCUT2D eigenvalue weighted by Gasteiger charge is -2.26. The molecule has 21 heavy (non-hydrogen) atoms. The van der Waals surface area contributed by atoms with Gasteiger partial charge < -0.3 is 9.47 Å². The molecule has 0 spiro atoms. The van der Waals surface area contributed by atoms with Crippen LogP contribution >= 0.6 is 11.6 Å². The third-order valence-corrected chi connectivity index (χ3v) is 3.93. The fraction of sp³-hybridized carbons (Fsp3) is 0.235. The first-order chi connectivity index (χ1) is 10.3. The van der Waals surface area contributed by atoms with E-state index in [4.69, 9.17) is 21.1 Å². The van der Waals surface area contributed by atoms with Gasteiger partial charge in [-0.15, -0.1) is 0 Å². The molecule has 0 bridgehead atoms. The van der Waals surface area contributed by atoms with Gasteiger partial charge in [0.2, 0.25) is 0 Å². The molecule has 3 rings (SSSR count). The second kappa shape index (κ2) is 6.19. The minimum atomic E-state index is 0.241. The van der Waals surface area contributed by atoms with E-state index in [0.717, 1.165) is 24.0 Å². The quantitative estimate of drug-likeness (QED) is 0.798. The lowest BCUT2D eigenvalue weighted by atomic mass is 9.94. The number of benzene rings is 2. The first kappa shape index (κ1) is 14.0. The number of para-hydroxylation sites is 2. The maximum Gasteiger partial charge on any atom is 0.153 e. The average Bonchev–Trinajstić information content (AvgIpc) is 2.53. The Bertz CT molecular complexity index is 654. The third kappa shape index (κ3) is 2.88. The topological polar surface area (TPSA) is 35.5 Å². The maximum absolute atomic E-state index is 11.1. The van der Waals surface area contributed by atoms with Gasteiger partial charge in [0, 0.05) is 11.5 Å². The highest BCUT2D eigenvalue weighted by Crippen LogP contribution is 2.35. The summed E-state index contributed by atoms with van der Waals surface area (Å²) in [6.45, 7) is 1.15. The molecular formula is C17H15ClO3. The van der Waals surface area contributed by atoms with Crippen LogP contribution in [0.4, 0.5) is 0 Å². The number of hydrogen-bond donors (Lipinski definition) is 0. The zero-order valence-corrected chi connectivity index (χ0v) is 12.2. The molecular weight excluding hydrogens is 288 g/mol. The minimum absolute atomic E-state index is 0.241.